The molecular formula is C13H19NO2. The monoisotopic (exact) mass is 221 g/mol. The molecule has 0 unspecified atom stereocenters. The fraction of sp³-hybridized carbons (Fsp3) is 0.462. The third kappa shape index (κ3) is 2.03. The van der Waals surface area contributed by atoms with Crippen LogP contribution in [0, 0.1) is 0 Å². The van der Waals surface area contributed by atoms with E-state index < -0.39 is 0 Å². The third-order valence-electron chi connectivity index (χ3n) is 2.47. The number of hydrogen-bond donors (Lipinski definition) is 0. The molecule has 0 saturated carbocycles. The normalized spacial score (nSPS) is 10.4. The van der Waals surface area contributed by atoms with Crippen LogP contribution in [0.25, 0.3) is 11.1 Å². The van der Waals surface area contributed by atoms with Gasteiger partial charge in [0.05, 0.1) is 5.52 Å². The molecule has 2 rings (SSSR count). The molecule has 0 amide bonds. The Balaban J connectivity index is 0.000000606. The van der Waals surface area contributed by atoms with Crippen molar-refractivity contribution >= 4 is 11.1 Å². The SMILES string of the molecule is CC.CC(C)c1cccc2c1oc(=O)n2C. The number of oxazole rings is 1. The zero-order chi connectivity index (χ0) is 12.3. The molecule has 0 aliphatic heterocycles. The predicted molar refractivity (Wildman–Crippen MR) is 66.9 cm³/mol. The van der Waals surface area contributed by atoms with E-state index in [-0.39, 0.29) is 5.76 Å². The first-order valence-corrected chi connectivity index (χ1v) is 5.69. The first kappa shape index (κ1) is 12.6. The summed E-state index contributed by atoms with van der Waals surface area (Å²) in [5, 5.41) is 0. The number of hydrogen-bond acceptors (Lipinski definition) is 2. The summed E-state index contributed by atoms with van der Waals surface area (Å²) in [6, 6.07) is 5.84. The summed E-state index contributed by atoms with van der Waals surface area (Å²) >= 11 is 0. The fourth-order valence-corrected chi connectivity index (χ4v) is 1.63. The molecule has 3 nitrogen and oxygen atoms in total. The molecule has 0 atom stereocenters. The lowest BCUT2D eigenvalue weighted by Crippen LogP contribution is -2.08. The van der Waals surface area contributed by atoms with Crippen LogP contribution >= 0.6 is 0 Å². The highest BCUT2D eigenvalue weighted by Gasteiger charge is 2.11. The van der Waals surface area contributed by atoms with Gasteiger partial charge in [0, 0.05) is 7.05 Å². The van der Waals surface area contributed by atoms with E-state index in [1.807, 2.05) is 32.0 Å². The molecule has 0 aliphatic carbocycles. The average Bonchev–Trinajstić information content (AvgIpc) is 2.58. The molecule has 1 aromatic heterocycles. The largest absolute Gasteiger partial charge is 0.419 e. The van der Waals surface area contributed by atoms with Gasteiger partial charge in [-0.2, -0.15) is 0 Å². The van der Waals surface area contributed by atoms with Crippen molar-refractivity contribution in [3.05, 3.63) is 34.3 Å². The minimum absolute atomic E-state index is 0.298. The van der Waals surface area contributed by atoms with Crippen molar-refractivity contribution in [3.63, 3.8) is 0 Å². The van der Waals surface area contributed by atoms with E-state index in [4.69, 9.17) is 4.42 Å². The average molecular weight is 221 g/mol. The van der Waals surface area contributed by atoms with Gasteiger partial charge < -0.3 is 4.42 Å². The molecule has 0 saturated heterocycles. The highest BCUT2D eigenvalue weighted by atomic mass is 16.4. The van der Waals surface area contributed by atoms with E-state index in [1.54, 1.807) is 7.05 Å². The van der Waals surface area contributed by atoms with E-state index in [9.17, 15) is 4.79 Å². The van der Waals surface area contributed by atoms with Gasteiger partial charge in [-0.05, 0) is 17.5 Å². The molecule has 0 N–H and O–H groups in total. The Kier molecular flexibility index (Phi) is 3.93. The molecule has 0 bridgehead atoms. The molecule has 0 radical (unpaired) electrons. The molecule has 0 aliphatic rings. The number of aromatic nitrogens is 1. The van der Waals surface area contributed by atoms with E-state index in [1.165, 1.54) is 4.57 Å². The van der Waals surface area contributed by atoms with Crippen molar-refractivity contribution in [2.75, 3.05) is 0 Å². The van der Waals surface area contributed by atoms with Crippen molar-refractivity contribution in [1.29, 1.82) is 0 Å². The molecule has 88 valence electrons. The minimum Gasteiger partial charge on any atom is -0.407 e. The van der Waals surface area contributed by atoms with Crippen LogP contribution in [0.15, 0.2) is 27.4 Å². The summed E-state index contributed by atoms with van der Waals surface area (Å²) in [6.07, 6.45) is 0. The highest BCUT2D eigenvalue weighted by Crippen LogP contribution is 2.23. The lowest BCUT2D eigenvalue weighted by molar-refractivity contribution is 0.524. The van der Waals surface area contributed by atoms with Gasteiger partial charge >= 0.3 is 5.76 Å². The smallest absolute Gasteiger partial charge is 0.407 e. The van der Waals surface area contributed by atoms with Crippen LogP contribution < -0.4 is 5.76 Å². The molecular weight excluding hydrogens is 202 g/mol. The summed E-state index contributed by atoms with van der Waals surface area (Å²) in [7, 11) is 1.72. The van der Waals surface area contributed by atoms with Gasteiger partial charge in [0.1, 0.15) is 0 Å². The van der Waals surface area contributed by atoms with E-state index in [2.05, 4.69) is 13.8 Å². The molecule has 16 heavy (non-hydrogen) atoms. The Morgan fingerprint density at radius 1 is 1.25 bits per heavy atom. The summed E-state index contributed by atoms with van der Waals surface area (Å²) in [5.74, 6) is 0.0670. The van der Waals surface area contributed by atoms with Crippen LogP contribution in [0.5, 0.6) is 0 Å². The number of para-hydroxylation sites is 1. The maximum Gasteiger partial charge on any atom is 0.419 e. The molecule has 1 aromatic carbocycles. The van der Waals surface area contributed by atoms with Crippen molar-refractivity contribution in [1.82, 2.24) is 4.57 Å². The number of fused-ring (bicyclic) bond motifs is 1. The van der Waals surface area contributed by atoms with Crippen LogP contribution in [0.1, 0.15) is 39.2 Å². The second-order valence-corrected chi connectivity index (χ2v) is 3.78. The molecule has 0 fully saturated rings. The van der Waals surface area contributed by atoms with Crippen molar-refractivity contribution in [2.45, 2.75) is 33.6 Å². The summed E-state index contributed by atoms with van der Waals surface area (Å²) in [4.78, 5) is 11.3. The first-order chi connectivity index (χ1) is 7.61. The topological polar surface area (TPSA) is 35.1 Å². The van der Waals surface area contributed by atoms with Crippen molar-refractivity contribution < 1.29 is 4.42 Å². The number of benzene rings is 1. The summed E-state index contributed by atoms with van der Waals surface area (Å²) < 4.78 is 6.73. The Labute approximate surface area is 95.7 Å². The lowest BCUT2D eigenvalue weighted by atomic mass is 10.0. The third-order valence-corrected chi connectivity index (χ3v) is 2.47. The number of nitrogens with zero attached hydrogens (tertiary/aromatic N) is 1. The Morgan fingerprint density at radius 2 is 1.88 bits per heavy atom. The Bertz CT molecular complexity index is 520. The number of aryl methyl sites for hydroxylation is 1. The predicted octanol–water partition coefficient (Wildman–Crippen LogP) is 3.28. The van der Waals surface area contributed by atoms with E-state index >= 15 is 0 Å². The second kappa shape index (κ2) is 5.01. The highest BCUT2D eigenvalue weighted by molar-refractivity contribution is 5.77. The van der Waals surface area contributed by atoms with E-state index in [0.717, 1.165) is 16.7 Å². The van der Waals surface area contributed by atoms with Gasteiger partial charge in [0.25, 0.3) is 0 Å². The van der Waals surface area contributed by atoms with Gasteiger partial charge in [-0.1, -0.05) is 39.8 Å². The van der Waals surface area contributed by atoms with Crippen molar-refractivity contribution in [2.24, 2.45) is 7.05 Å². The summed E-state index contributed by atoms with van der Waals surface area (Å²) in [6.45, 7) is 8.17. The Morgan fingerprint density at radius 3 is 2.44 bits per heavy atom. The molecule has 1 heterocycles. The van der Waals surface area contributed by atoms with Crippen LogP contribution in [-0.2, 0) is 7.05 Å². The van der Waals surface area contributed by atoms with Gasteiger partial charge in [-0.25, -0.2) is 4.79 Å². The van der Waals surface area contributed by atoms with Gasteiger partial charge in [-0.15, -0.1) is 0 Å². The van der Waals surface area contributed by atoms with Gasteiger partial charge in [0.2, 0.25) is 0 Å². The quantitative estimate of drug-likeness (QED) is 0.740. The first-order valence-electron chi connectivity index (χ1n) is 5.69. The minimum atomic E-state index is -0.298. The second-order valence-electron chi connectivity index (χ2n) is 3.78. The summed E-state index contributed by atoms with van der Waals surface area (Å²) in [5.41, 5.74) is 2.66. The van der Waals surface area contributed by atoms with E-state index in [0.29, 0.717) is 5.92 Å². The van der Waals surface area contributed by atoms with Crippen LogP contribution in [0.3, 0.4) is 0 Å². The van der Waals surface area contributed by atoms with Crippen molar-refractivity contribution in [3.8, 4) is 0 Å². The molecule has 2 aromatic rings. The van der Waals surface area contributed by atoms with Crippen LogP contribution in [0.4, 0.5) is 0 Å². The zero-order valence-corrected chi connectivity index (χ0v) is 10.6. The van der Waals surface area contributed by atoms with Gasteiger partial charge in [-0.3, -0.25) is 4.57 Å². The number of rotatable bonds is 1. The Hall–Kier alpha value is -1.51. The standard InChI is InChI=1S/C11H13NO2.C2H6/c1-7(2)8-5-4-6-9-10(8)14-11(13)12(9)3;1-2/h4-7H,1-3H3;1-2H3. The maximum absolute atomic E-state index is 11.3. The van der Waals surface area contributed by atoms with Crippen LogP contribution in [0.2, 0.25) is 0 Å². The van der Waals surface area contributed by atoms with Crippen LogP contribution in [-0.4, -0.2) is 4.57 Å². The molecule has 3 heteroatoms. The molecule has 0 spiro atoms. The zero-order valence-electron chi connectivity index (χ0n) is 10.6. The fourth-order valence-electron chi connectivity index (χ4n) is 1.63. The lowest BCUT2D eigenvalue weighted by Gasteiger charge is -2.04. The maximum atomic E-state index is 11.3. The van der Waals surface area contributed by atoms with Gasteiger partial charge in [0.15, 0.2) is 5.58 Å².